The Morgan fingerprint density at radius 1 is 1.33 bits per heavy atom. The van der Waals surface area contributed by atoms with E-state index in [0.29, 0.717) is 12.1 Å². The molecule has 0 bridgehead atoms. The first-order valence-corrected chi connectivity index (χ1v) is 5.68. The summed E-state index contributed by atoms with van der Waals surface area (Å²) in [4.78, 5) is 24.9. The van der Waals surface area contributed by atoms with Crippen LogP contribution in [0.15, 0.2) is 18.2 Å². The molecule has 0 atom stereocenters. The molecule has 0 unspecified atom stereocenters. The van der Waals surface area contributed by atoms with Crippen molar-refractivity contribution in [3.8, 4) is 0 Å². The summed E-state index contributed by atoms with van der Waals surface area (Å²) in [6, 6.07) is 5.23. The first kappa shape index (κ1) is 12.6. The Bertz CT molecular complexity index is 484. The van der Waals surface area contributed by atoms with E-state index in [-0.39, 0.29) is 18.5 Å². The standard InChI is InChI=1S/C13H15NO4/c1-17-8-12(15)14-6-5-9-7-10(13(16)18-2)3-4-11(9)14/h3-4,7H,5-6,8H2,1-2H3. The van der Waals surface area contributed by atoms with E-state index in [0.717, 1.165) is 17.7 Å². The predicted molar refractivity (Wildman–Crippen MR) is 65.7 cm³/mol. The van der Waals surface area contributed by atoms with Crippen molar-refractivity contribution < 1.29 is 19.1 Å². The Hall–Kier alpha value is -1.88. The van der Waals surface area contributed by atoms with Gasteiger partial charge in [-0.25, -0.2) is 4.79 Å². The van der Waals surface area contributed by atoms with Gasteiger partial charge >= 0.3 is 5.97 Å². The Balaban J connectivity index is 2.25. The van der Waals surface area contributed by atoms with Gasteiger partial charge in [0.1, 0.15) is 6.61 Å². The minimum atomic E-state index is -0.362. The fourth-order valence-electron chi connectivity index (χ4n) is 2.11. The number of carbonyl (C=O) groups excluding carboxylic acids is 2. The highest BCUT2D eigenvalue weighted by Crippen LogP contribution is 2.29. The van der Waals surface area contributed by atoms with E-state index in [2.05, 4.69) is 4.74 Å². The molecule has 0 N–H and O–H groups in total. The van der Waals surface area contributed by atoms with E-state index >= 15 is 0 Å². The van der Waals surface area contributed by atoms with Gasteiger partial charge in [-0.2, -0.15) is 0 Å². The molecule has 0 saturated heterocycles. The molecule has 18 heavy (non-hydrogen) atoms. The summed E-state index contributed by atoms with van der Waals surface area (Å²) in [5, 5.41) is 0. The first-order chi connectivity index (χ1) is 8.67. The van der Waals surface area contributed by atoms with E-state index in [1.807, 2.05) is 0 Å². The molecule has 0 aromatic heterocycles. The zero-order valence-electron chi connectivity index (χ0n) is 10.4. The topological polar surface area (TPSA) is 55.8 Å². The van der Waals surface area contributed by atoms with Crippen molar-refractivity contribution in [3.63, 3.8) is 0 Å². The van der Waals surface area contributed by atoms with Crippen molar-refractivity contribution in [2.24, 2.45) is 0 Å². The second-order valence-corrected chi connectivity index (χ2v) is 4.06. The van der Waals surface area contributed by atoms with Gasteiger partial charge in [0, 0.05) is 19.3 Å². The van der Waals surface area contributed by atoms with Crippen LogP contribution in [0.4, 0.5) is 5.69 Å². The molecule has 1 aromatic carbocycles. The van der Waals surface area contributed by atoms with Crippen LogP contribution < -0.4 is 4.90 Å². The van der Waals surface area contributed by atoms with Crippen LogP contribution in [0.3, 0.4) is 0 Å². The van der Waals surface area contributed by atoms with Crippen molar-refractivity contribution in [3.05, 3.63) is 29.3 Å². The lowest BCUT2D eigenvalue weighted by atomic mass is 10.1. The van der Waals surface area contributed by atoms with E-state index in [4.69, 9.17) is 4.74 Å². The van der Waals surface area contributed by atoms with Crippen LogP contribution >= 0.6 is 0 Å². The molecule has 0 radical (unpaired) electrons. The third-order valence-electron chi connectivity index (χ3n) is 2.97. The molecular weight excluding hydrogens is 234 g/mol. The molecule has 0 saturated carbocycles. The van der Waals surface area contributed by atoms with Crippen LogP contribution in [-0.4, -0.2) is 39.2 Å². The number of amides is 1. The zero-order valence-corrected chi connectivity index (χ0v) is 10.4. The summed E-state index contributed by atoms with van der Waals surface area (Å²) in [5.41, 5.74) is 2.35. The van der Waals surface area contributed by atoms with Gasteiger partial charge in [-0.15, -0.1) is 0 Å². The summed E-state index contributed by atoms with van der Waals surface area (Å²) in [6.07, 6.45) is 0.746. The van der Waals surface area contributed by atoms with Crippen LogP contribution in [0.25, 0.3) is 0 Å². The highest BCUT2D eigenvalue weighted by atomic mass is 16.5. The number of ether oxygens (including phenoxy) is 2. The van der Waals surface area contributed by atoms with Crippen molar-refractivity contribution >= 4 is 17.6 Å². The quantitative estimate of drug-likeness (QED) is 0.750. The van der Waals surface area contributed by atoms with Crippen molar-refractivity contribution in [1.29, 1.82) is 0 Å². The molecule has 0 aliphatic carbocycles. The average molecular weight is 249 g/mol. The number of fused-ring (bicyclic) bond motifs is 1. The van der Waals surface area contributed by atoms with Gasteiger partial charge in [0.2, 0.25) is 0 Å². The molecule has 1 heterocycles. The van der Waals surface area contributed by atoms with Gasteiger partial charge in [0.15, 0.2) is 0 Å². The number of benzene rings is 1. The monoisotopic (exact) mass is 249 g/mol. The maximum Gasteiger partial charge on any atom is 0.337 e. The Morgan fingerprint density at radius 2 is 2.11 bits per heavy atom. The maximum absolute atomic E-state index is 11.8. The minimum absolute atomic E-state index is 0.0675. The molecule has 1 aliphatic heterocycles. The normalized spacial score (nSPS) is 13.3. The van der Waals surface area contributed by atoms with Gasteiger partial charge in [0.25, 0.3) is 5.91 Å². The molecule has 96 valence electrons. The van der Waals surface area contributed by atoms with E-state index in [1.54, 1.807) is 23.1 Å². The average Bonchev–Trinajstić information content (AvgIpc) is 2.80. The molecule has 1 amide bonds. The van der Waals surface area contributed by atoms with Crippen molar-refractivity contribution in [2.45, 2.75) is 6.42 Å². The van der Waals surface area contributed by atoms with Gasteiger partial charge < -0.3 is 14.4 Å². The van der Waals surface area contributed by atoms with Gasteiger partial charge in [-0.1, -0.05) is 0 Å². The molecule has 1 aliphatic rings. The zero-order chi connectivity index (χ0) is 13.1. The molecule has 5 nitrogen and oxygen atoms in total. The van der Waals surface area contributed by atoms with E-state index in [1.165, 1.54) is 14.2 Å². The van der Waals surface area contributed by atoms with Gasteiger partial charge in [-0.3, -0.25) is 4.79 Å². The number of esters is 1. The highest BCUT2D eigenvalue weighted by molar-refractivity contribution is 5.97. The minimum Gasteiger partial charge on any atom is -0.465 e. The number of methoxy groups -OCH3 is 2. The number of hydrogen-bond acceptors (Lipinski definition) is 4. The van der Waals surface area contributed by atoms with Gasteiger partial charge in [-0.05, 0) is 30.2 Å². The summed E-state index contributed by atoms with van der Waals surface area (Å²) < 4.78 is 9.51. The van der Waals surface area contributed by atoms with E-state index < -0.39 is 0 Å². The largest absolute Gasteiger partial charge is 0.465 e. The second-order valence-electron chi connectivity index (χ2n) is 4.06. The molecule has 2 rings (SSSR count). The summed E-state index contributed by atoms with van der Waals surface area (Å²) >= 11 is 0. The highest BCUT2D eigenvalue weighted by Gasteiger charge is 2.25. The fourth-order valence-corrected chi connectivity index (χ4v) is 2.11. The van der Waals surface area contributed by atoms with Crippen LogP contribution in [0.2, 0.25) is 0 Å². The van der Waals surface area contributed by atoms with Gasteiger partial charge in [0.05, 0.1) is 12.7 Å². The number of rotatable bonds is 3. The smallest absolute Gasteiger partial charge is 0.337 e. The Kier molecular flexibility index (Phi) is 3.62. The third-order valence-corrected chi connectivity index (χ3v) is 2.97. The summed E-state index contributed by atoms with van der Waals surface area (Å²) in [5.74, 6) is -0.429. The Morgan fingerprint density at radius 3 is 2.78 bits per heavy atom. The lowest BCUT2D eigenvalue weighted by Gasteiger charge is -2.16. The molecule has 0 spiro atoms. The predicted octanol–water partition coefficient (Wildman–Crippen LogP) is 1.01. The van der Waals surface area contributed by atoms with Crippen LogP contribution in [0.5, 0.6) is 0 Å². The SMILES string of the molecule is COCC(=O)N1CCc2cc(C(=O)OC)ccc21. The Labute approximate surface area is 105 Å². The molecule has 5 heteroatoms. The lowest BCUT2D eigenvalue weighted by Crippen LogP contribution is -2.31. The third kappa shape index (κ3) is 2.22. The summed E-state index contributed by atoms with van der Waals surface area (Å²) in [7, 11) is 2.85. The number of anilines is 1. The molecule has 1 aromatic rings. The van der Waals surface area contributed by atoms with Crippen molar-refractivity contribution in [2.75, 3.05) is 32.3 Å². The number of carbonyl (C=O) groups is 2. The van der Waals surface area contributed by atoms with Crippen LogP contribution in [0, 0.1) is 0 Å². The summed E-state index contributed by atoms with van der Waals surface area (Å²) in [6.45, 7) is 0.695. The van der Waals surface area contributed by atoms with E-state index in [9.17, 15) is 9.59 Å². The first-order valence-electron chi connectivity index (χ1n) is 5.68. The second kappa shape index (κ2) is 5.18. The lowest BCUT2D eigenvalue weighted by molar-refractivity contribution is -0.122. The molecule has 0 fully saturated rings. The van der Waals surface area contributed by atoms with Crippen molar-refractivity contribution in [1.82, 2.24) is 0 Å². The van der Waals surface area contributed by atoms with Crippen LogP contribution in [-0.2, 0) is 20.7 Å². The maximum atomic E-state index is 11.8. The number of nitrogens with zero attached hydrogens (tertiary/aromatic N) is 1. The fraction of sp³-hybridized carbons (Fsp3) is 0.385. The number of hydrogen-bond donors (Lipinski definition) is 0. The van der Waals surface area contributed by atoms with Crippen LogP contribution in [0.1, 0.15) is 15.9 Å². The molecular formula is C13H15NO4.